The van der Waals surface area contributed by atoms with Gasteiger partial charge in [0.05, 0.1) is 6.07 Å². The van der Waals surface area contributed by atoms with Crippen LogP contribution in [0.1, 0.15) is 31.2 Å². The van der Waals surface area contributed by atoms with Gasteiger partial charge in [0, 0.05) is 5.69 Å². The van der Waals surface area contributed by atoms with Gasteiger partial charge >= 0.3 is 0 Å². The number of benzene rings is 1. The Labute approximate surface area is 95.1 Å². The predicted molar refractivity (Wildman–Crippen MR) is 61.6 cm³/mol. The van der Waals surface area contributed by atoms with Gasteiger partial charge in [-0.2, -0.15) is 5.26 Å². The number of anilines is 1. The van der Waals surface area contributed by atoms with Crippen molar-refractivity contribution >= 4 is 5.69 Å². The Morgan fingerprint density at radius 2 is 2.00 bits per heavy atom. The third-order valence-corrected chi connectivity index (χ3v) is 3.10. The van der Waals surface area contributed by atoms with Gasteiger partial charge in [-0.1, -0.05) is 0 Å². The topological polar surface area (TPSA) is 35.8 Å². The van der Waals surface area contributed by atoms with Gasteiger partial charge in [0.25, 0.3) is 0 Å². The molecule has 1 N–H and O–H groups in total. The van der Waals surface area contributed by atoms with Crippen LogP contribution in [-0.2, 0) is 0 Å². The predicted octanol–water partition coefficient (Wildman–Crippen LogP) is 3.38. The number of aryl methyl sites for hydroxylation is 1. The largest absolute Gasteiger partial charge is 0.367 e. The van der Waals surface area contributed by atoms with E-state index in [4.69, 9.17) is 0 Å². The maximum absolute atomic E-state index is 13.2. The Bertz CT molecular complexity index is 408. The lowest BCUT2D eigenvalue weighted by Gasteiger charge is -2.23. The molecule has 2 nitrogen and oxygen atoms in total. The first kappa shape index (κ1) is 10.9. The molecule has 16 heavy (non-hydrogen) atoms. The number of rotatable bonds is 2. The summed E-state index contributed by atoms with van der Waals surface area (Å²) in [6.45, 7) is 1.85. The van der Waals surface area contributed by atoms with Gasteiger partial charge in [-0.15, -0.1) is 0 Å². The van der Waals surface area contributed by atoms with Gasteiger partial charge in [0.2, 0.25) is 0 Å². The average Bonchev–Trinajstić information content (AvgIpc) is 2.65. The lowest BCUT2D eigenvalue weighted by molar-refractivity contribution is 0.606. The van der Waals surface area contributed by atoms with E-state index in [2.05, 4.69) is 11.4 Å². The van der Waals surface area contributed by atoms with Gasteiger partial charge in [0.1, 0.15) is 11.4 Å². The minimum Gasteiger partial charge on any atom is -0.367 e. The molecule has 0 saturated heterocycles. The van der Waals surface area contributed by atoms with Gasteiger partial charge in [-0.05, 0) is 56.4 Å². The summed E-state index contributed by atoms with van der Waals surface area (Å²) in [5, 5.41) is 12.4. The van der Waals surface area contributed by atoms with E-state index in [0.29, 0.717) is 5.69 Å². The molecule has 1 aromatic carbocycles. The van der Waals surface area contributed by atoms with Gasteiger partial charge in [-0.3, -0.25) is 0 Å². The Balaban J connectivity index is 2.23. The molecular formula is C13H15FN2. The Morgan fingerprint density at radius 3 is 2.56 bits per heavy atom. The van der Waals surface area contributed by atoms with E-state index in [1.54, 1.807) is 0 Å². The van der Waals surface area contributed by atoms with Crippen LogP contribution < -0.4 is 5.32 Å². The molecule has 1 saturated carbocycles. The molecule has 84 valence electrons. The standard InChI is InChI=1S/C13H15FN2/c1-10-6-11(14)8-12(7-10)16-13(9-15)4-2-3-5-13/h6-8,16H,2-5H2,1H3. The van der Waals surface area contributed by atoms with Crippen LogP contribution in [0.5, 0.6) is 0 Å². The molecule has 1 fully saturated rings. The Kier molecular flexibility index (Phi) is 2.82. The highest BCUT2D eigenvalue weighted by Gasteiger charge is 2.33. The highest BCUT2D eigenvalue weighted by atomic mass is 19.1. The molecule has 0 aromatic heterocycles. The van der Waals surface area contributed by atoms with E-state index in [1.165, 1.54) is 12.1 Å². The number of hydrogen-bond donors (Lipinski definition) is 1. The molecule has 0 radical (unpaired) electrons. The number of hydrogen-bond acceptors (Lipinski definition) is 2. The normalized spacial score (nSPS) is 18.1. The van der Waals surface area contributed by atoms with Crippen LogP contribution in [0, 0.1) is 24.1 Å². The number of nitrogens with zero attached hydrogens (tertiary/aromatic N) is 1. The monoisotopic (exact) mass is 218 g/mol. The van der Waals surface area contributed by atoms with Crippen LogP contribution >= 0.6 is 0 Å². The second kappa shape index (κ2) is 4.13. The summed E-state index contributed by atoms with van der Waals surface area (Å²) in [7, 11) is 0. The fourth-order valence-corrected chi connectivity index (χ4v) is 2.33. The highest BCUT2D eigenvalue weighted by molar-refractivity contribution is 5.50. The molecule has 0 bridgehead atoms. The molecule has 0 amide bonds. The van der Waals surface area contributed by atoms with Crippen molar-refractivity contribution in [1.29, 1.82) is 5.26 Å². The van der Waals surface area contributed by atoms with Crippen molar-refractivity contribution in [3.05, 3.63) is 29.6 Å². The van der Waals surface area contributed by atoms with Crippen LogP contribution in [0.25, 0.3) is 0 Å². The van der Waals surface area contributed by atoms with Crippen molar-refractivity contribution in [3.63, 3.8) is 0 Å². The quantitative estimate of drug-likeness (QED) is 0.826. The molecule has 1 aliphatic rings. The second-order valence-corrected chi connectivity index (χ2v) is 4.54. The molecule has 1 aliphatic carbocycles. The first-order chi connectivity index (χ1) is 7.63. The fraction of sp³-hybridized carbons (Fsp3) is 0.462. The summed E-state index contributed by atoms with van der Waals surface area (Å²) in [5.74, 6) is -0.256. The molecule has 0 unspecified atom stereocenters. The molecular weight excluding hydrogens is 203 g/mol. The summed E-state index contributed by atoms with van der Waals surface area (Å²) in [4.78, 5) is 0. The number of nitriles is 1. The molecule has 1 aromatic rings. The van der Waals surface area contributed by atoms with E-state index < -0.39 is 5.54 Å². The van der Waals surface area contributed by atoms with Gasteiger partial charge in [-0.25, -0.2) is 4.39 Å². The smallest absolute Gasteiger partial charge is 0.125 e. The molecule has 0 heterocycles. The van der Waals surface area contributed by atoms with Crippen molar-refractivity contribution < 1.29 is 4.39 Å². The molecule has 3 heteroatoms. The summed E-state index contributed by atoms with van der Waals surface area (Å²) >= 11 is 0. The summed E-state index contributed by atoms with van der Waals surface area (Å²) in [6.07, 6.45) is 3.82. The van der Waals surface area contributed by atoms with Gasteiger partial charge in [0.15, 0.2) is 0 Å². The van der Waals surface area contributed by atoms with E-state index in [0.717, 1.165) is 31.2 Å². The third kappa shape index (κ3) is 2.16. The number of halogens is 1. The fourth-order valence-electron chi connectivity index (χ4n) is 2.33. The SMILES string of the molecule is Cc1cc(F)cc(NC2(C#N)CCCC2)c1. The van der Waals surface area contributed by atoms with E-state index >= 15 is 0 Å². The Morgan fingerprint density at radius 1 is 1.31 bits per heavy atom. The lowest BCUT2D eigenvalue weighted by atomic mass is 9.99. The van der Waals surface area contributed by atoms with Crippen LogP contribution in [0.3, 0.4) is 0 Å². The summed E-state index contributed by atoms with van der Waals surface area (Å²) in [6, 6.07) is 7.14. The summed E-state index contributed by atoms with van der Waals surface area (Å²) < 4.78 is 13.2. The van der Waals surface area contributed by atoms with Gasteiger partial charge < -0.3 is 5.32 Å². The first-order valence-corrected chi connectivity index (χ1v) is 5.60. The lowest BCUT2D eigenvalue weighted by Crippen LogP contribution is -2.32. The summed E-state index contributed by atoms with van der Waals surface area (Å²) in [5.41, 5.74) is 1.09. The maximum atomic E-state index is 13.2. The van der Waals surface area contributed by atoms with E-state index in [9.17, 15) is 9.65 Å². The Hall–Kier alpha value is -1.56. The average molecular weight is 218 g/mol. The zero-order chi connectivity index (χ0) is 11.6. The van der Waals surface area contributed by atoms with Crippen molar-refractivity contribution in [3.8, 4) is 6.07 Å². The van der Waals surface area contributed by atoms with E-state index in [1.807, 2.05) is 13.0 Å². The van der Waals surface area contributed by atoms with Crippen molar-refractivity contribution in [2.24, 2.45) is 0 Å². The minimum absolute atomic E-state index is 0.256. The maximum Gasteiger partial charge on any atom is 0.125 e. The zero-order valence-corrected chi connectivity index (χ0v) is 9.39. The van der Waals surface area contributed by atoms with Crippen LogP contribution in [-0.4, -0.2) is 5.54 Å². The van der Waals surface area contributed by atoms with Crippen LogP contribution in [0.2, 0.25) is 0 Å². The number of nitrogens with one attached hydrogen (secondary N) is 1. The second-order valence-electron chi connectivity index (χ2n) is 4.54. The molecule has 0 spiro atoms. The van der Waals surface area contributed by atoms with Crippen LogP contribution in [0.15, 0.2) is 18.2 Å². The molecule has 2 rings (SSSR count). The van der Waals surface area contributed by atoms with Crippen molar-refractivity contribution in [2.45, 2.75) is 38.1 Å². The zero-order valence-electron chi connectivity index (χ0n) is 9.39. The van der Waals surface area contributed by atoms with Crippen LogP contribution in [0.4, 0.5) is 10.1 Å². The van der Waals surface area contributed by atoms with E-state index in [-0.39, 0.29) is 5.82 Å². The minimum atomic E-state index is -0.486. The molecule has 0 atom stereocenters. The van der Waals surface area contributed by atoms with Crippen molar-refractivity contribution in [2.75, 3.05) is 5.32 Å². The highest BCUT2D eigenvalue weighted by Crippen LogP contribution is 2.32. The molecule has 0 aliphatic heterocycles. The third-order valence-electron chi connectivity index (χ3n) is 3.10. The first-order valence-electron chi connectivity index (χ1n) is 5.60. The van der Waals surface area contributed by atoms with Crippen molar-refractivity contribution in [1.82, 2.24) is 0 Å².